The minimum atomic E-state index is -1.43. The second-order valence-corrected chi connectivity index (χ2v) is 6.98. The Labute approximate surface area is 163 Å². The van der Waals surface area contributed by atoms with E-state index in [0.29, 0.717) is 12.0 Å². The van der Waals surface area contributed by atoms with Crippen LogP contribution in [0.1, 0.15) is 32.3 Å². The molecule has 6 N–H and O–H groups in total. The Hall–Kier alpha value is -2.94. The number of aliphatic carboxylic acids is 2. The van der Waals surface area contributed by atoms with E-state index in [9.17, 15) is 24.3 Å². The fourth-order valence-electron chi connectivity index (χ4n) is 2.60. The van der Waals surface area contributed by atoms with Crippen LogP contribution in [-0.2, 0) is 25.6 Å². The summed E-state index contributed by atoms with van der Waals surface area (Å²) in [5.74, 6) is -4.00. The monoisotopic (exact) mass is 393 g/mol. The van der Waals surface area contributed by atoms with Gasteiger partial charge in [-0.2, -0.15) is 0 Å². The third-order valence-electron chi connectivity index (χ3n) is 3.97. The van der Waals surface area contributed by atoms with E-state index in [1.807, 2.05) is 13.8 Å². The third kappa shape index (κ3) is 8.17. The molecule has 0 radical (unpaired) electrons. The molecule has 9 nitrogen and oxygen atoms in total. The molecule has 0 aliphatic heterocycles. The van der Waals surface area contributed by atoms with Gasteiger partial charge in [-0.3, -0.25) is 14.4 Å². The summed E-state index contributed by atoms with van der Waals surface area (Å²) in [5, 5.41) is 23.0. The molecule has 1 rings (SSSR count). The van der Waals surface area contributed by atoms with E-state index in [0.717, 1.165) is 0 Å². The van der Waals surface area contributed by atoms with Crippen LogP contribution in [0.4, 0.5) is 0 Å². The van der Waals surface area contributed by atoms with Gasteiger partial charge in [0, 0.05) is 6.42 Å². The molecule has 0 fully saturated rings. The quantitative estimate of drug-likeness (QED) is 0.357. The van der Waals surface area contributed by atoms with Gasteiger partial charge in [0.15, 0.2) is 0 Å². The molecule has 1 aromatic rings. The Balaban J connectivity index is 2.84. The van der Waals surface area contributed by atoms with E-state index in [4.69, 9.17) is 10.8 Å². The summed E-state index contributed by atoms with van der Waals surface area (Å²) in [6.45, 7) is 3.74. The van der Waals surface area contributed by atoms with Crippen LogP contribution < -0.4 is 16.4 Å². The fourth-order valence-corrected chi connectivity index (χ4v) is 2.60. The highest BCUT2D eigenvalue weighted by Gasteiger charge is 2.29. The van der Waals surface area contributed by atoms with Crippen molar-refractivity contribution in [3.05, 3.63) is 35.9 Å². The highest BCUT2D eigenvalue weighted by Crippen LogP contribution is 2.06. The maximum absolute atomic E-state index is 12.5. The Morgan fingerprint density at radius 1 is 0.964 bits per heavy atom. The van der Waals surface area contributed by atoms with E-state index < -0.39 is 48.3 Å². The number of nitrogens with two attached hydrogens (primary N) is 1. The van der Waals surface area contributed by atoms with E-state index >= 15 is 0 Å². The first-order valence-corrected chi connectivity index (χ1v) is 8.95. The number of carbonyl (C=O) groups is 4. The number of carbonyl (C=O) groups excluding carboxylic acids is 2. The van der Waals surface area contributed by atoms with Gasteiger partial charge < -0.3 is 26.6 Å². The number of rotatable bonds is 11. The highest BCUT2D eigenvalue weighted by atomic mass is 16.4. The molecule has 154 valence electrons. The molecule has 0 heterocycles. The van der Waals surface area contributed by atoms with Gasteiger partial charge >= 0.3 is 11.9 Å². The van der Waals surface area contributed by atoms with Gasteiger partial charge in [-0.15, -0.1) is 0 Å². The summed E-state index contributed by atoms with van der Waals surface area (Å²) in [5.41, 5.74) is 6.45. The fraction of sp³-hybridized carbons (Fsp3) is 0.474. The summed E-state index contributed by atoms with van der Waals surface area (Å²) >= 11 is 0. The van der Waals surface area contributed by atoms with Crippen molar-refractivity contribution in [1.29, 1.82) is 0 Å². The number of hydrogen-bond acceptors (Lipinski definition) is 5. The van der Waals surface area contributed by atoms with Crippen LogP contribution in [0.25, 0.3) is 0 Å². The predicted octanol–water partition coefficient (Wildman–Crippen LogP) is 0.131. The molecule has 3 atom stereocenters. The molecular formula is C19H27N3O6. The zero-order chi connectivity index (χ0) is 21.3. The summed E-state index contributed by atoms with van der Waals surface area (Å²) in [4.78, 5) is 47.2. The number of nitrogens with one attached hydrogen (secondary N) is 2. The van der Waals surface area contributed by atoms with Crippen molar-refractivity contribution in [2.24, 2.45) is 11.7 Å². The summed E-state index contributed by atoms with van der Waals surface area (Å²) < 4.78 is 0. The first-order chi connectivity index (χ1) is 13.1. The van der Waals surface area contributed by atoms with Crippen LogP contribution in [0.2, 0.25) is 0 Å². The van der Waals surface area contributed by atoms with Crippen molar-refractivity contribution in [3.63, 3.8) is 0 Å². The van der Waals surface area contributed by atoms with E-state index in [1.54, 1.807) is 30.3 Å². The van der Waals surface area contributed by atoms with Gasteiger partial charge in [0.2, 0.25) is 11.8 Å². The van der Waals surface area contributed by atoms with Crippen molar-refractivity contribution in [1.82, 2.24) is 10.6 Å². The number of hydrogen-bond donors (Lipinski definition) is 5. The smallest absolute Gasteiger partial charge is 0.326 e. The number of benzene rings is 1. The van der Waals surface area contributed by atoms with Gasteiger partial charge in [-0.1, -0.05) is 44.2 Å². The molecule has 1 aromatic carbocycles. The molecule has 0 unspecified atom stereocenters. The highest BCUT2D eigenvalue weighted by molar-refractivity contribution is 5.93. The maximum Gasteiger partial charge on any atom is 0.326 e. The number of amides is 2. The number of carboxylic acids is 2. The standard InChI is InChI=1S/C19H27N3O6/c1-11(2)8-13(20)17(25)21-14(10-16(23)24)18(26)22-15(19(27)28)9-12-6-4-3-5-7-12/h3-7,11,13-15H,8-10,20H2,1-2H3,(H,21,25)(H,22,26)(H,23,24)(H,27,28)/t13-,14-,15-/m0/s1. The summed E-state index contributed by atoms with van der Waals surface area (Å²) in [7, 11) is 0. The van der Waals surface area contributed by atoms with Gasteiger partial charge in [0.1, 0.15) is 12.1 Å². The van der Waals surface area contributed by atoms with Gasteiger partial charge in [-0.05, 0) is 17.9 Å². The number of carboxylic acid groups (broad SMARTS) is 2. The maximum atomic E-state index is 12.5. The van der Waals surface area contributed by atoms with E-state index in [1.165, 1.54) is 0 Å². The Kier molecular flexibility index (Phi) is 9.10. The van der Waals surface area contributed by atoms with Gasteiger partial charge in [0.05, 0.1) is 12.5 Å². The van der Waals surface area contributed by atoms with Gasteiger partial charge in [0.25, 0.3) is 0 Å². The van der Waals surface area contributed by atoms with Crippen molar-refractivity contribution < 1.29 is 29.4 Å². The first kappa shape index (κ1) is 23.1. The van der Waals surface area contributed by atoms with Crippen LogP contribution in [0, 0.1) is 5.92 Å². The predicted molar refractivity (Wildman–Crippen MR) is 101 cm³/mol. The molecule has 0 bridgehead atoms. The average molecular weight is 393 g/mol. The average Bonchev–Trinajstić information content (AvgIpc) is 2.60. The molecular weight excluding hydrogens is 366 g/mol. The third-order valence-corrected chi connectivity index (χ3v) is 3.97. The molecule has 0 aliphatic carbocycles. The van der Waals surface area contributed by atoms with Crippen molar-refractivity contribution in [2.75, 3.05) is 0 Å². The lowest BCUT2D eigenvalue weighted by Gasteiger charge is -2.22. The van der Waals surface area contributed by atoms with Crippen LogP contribution in [0.5, 0.6) is 0 Å². The lowest BCUT2D eigenvalue weighted by molar-refractivity contribution is -0.143. The van der Waals surface area contributed by atoms with Crippen molar-refractivity contribution >= 4 is 23.8 Å². The minimum Gasteiger partial charge on any atom is -0.481 e. The molecule has 2 amide bonds. The van der Waals surface area contributed by atoms with Crippen molar-refractivity contribution in [2.45, 2.75) is 51.2 Å². The zero-order valence-electron chi connectivity index (χ0n) is 15.9. The Bertz CT molecular complexity index is 692. The Morgan fingerprint density at radius 3 is 2.04 bits per heavy atom. The summed E-state index contributed by atoms with van der Waals surface area (Å²) in [6, 6.07) is 5.07. The van der Waals surface area contributed by atoms with Crippen LogP contribution in [0.15, 0.2) is 30.3 Å². The van der Waals surface area contributed by atoms with Crippen molar-refractivity contribution in [3.8, 4) is 0 Å². The molecule has 9 heteroatoms. The van der Waals surface area contributed by atoms with Crippen LogP contribution in [0.3, 0.4) is 0 Å². The van der Waals surface area contributed by atoms with E-state index in [2.05, 4.69) is 10.6 Å². The Morgan fingerprint density at radius 2 is 1.54 bits per heavy atom. The van der Waals surface area contributed by atoms with Crippen LogP contribution >= 0.6 is 0 Å². The topological polar surface area (TPSA) is 159 Å². The second kappa shape index (κ2) is 11.0. The zero-order valence-corrected chi connectivity index (χ0v) is 15.9. The lowest BCUT2D eigenvalue weighted by atomic mass is 10.0. The minimum absolute atomic E-state index is 0.0164. The molecule has 0 spiro atoms. The molecule has 0 aromatic heterocycles. The largest absolute Gasteiger partial charge is 0.481 e. The summed E-state index contributed by atoms with van der Waals surface area (Å²) in [6.07, 6.45) is -0.314. The molecule has 0 saturated carbocycles. The molecule has 0 saturated heterocycles. The molecule has 28 heavy (non-hydrogen) atoms. The van der Waals surface area contributed by atoms with Gasteiger partial charge in [-0.25, -0.2) is 4.79 Å². The second-order valence-electron chi connectivity index (χ2n) is 6.98. The lowest BCUT2D eigenvalue weighted by Crippen LogP contribution is -2.55. The first-order valence-electron chi connectivity index (χ1n) is 8.95. The van der Waals surface area contributed by atoms with E-state index in [-0.39, 0.29) is 12.3 Å². The molecule has 0 aliphatic rings. The SMILES string of the molecule is CC(C)C[C@H](N)C(=O)N[C@@H](CC(=O)O)C(=O)N[C@@H](Cc1ccccc1)C(=O)O. The normalized spacial score (nSPS) is 14.0. The van der Waals surface area contributed by atoms with Crippen LogP contribution in [-0.4, -0.2) is 52.1 Å².